The SMILES string of the molecule is C[C@@H](c1ccccc1)c1cnc(N2CCN(c3ncnc(Nc4ccc(N(C)CCCCO)cc4)n3)CC2)nc1. The Morgan fingerprint density at radius 2 is 1.50 bits per heavy atom. The minimum atomic E-state index is 0.234. The van der Waals surface area contributed by atoms with Gasteiger partial charge in [-0.05, 0) is 48.2 Å². The smallest absolute Gasteiger partial charge is 0.231 e. The number of unbranched alkanes of at least 4 members (excludes halogenated alkanes) is 1. The van der Waals surface area contributed by atoms with E-state index in [2.05, 4.69) is 95.3 Å². The molecule has 1 fully saturated rings. The standard InChI is InChI=1S/C30H37N9O/c1-23(24-8-4-3-5-9-24)25-20-31-29(32-21-25)38-15-17-39(18-16-38)30-34-22-33-28(36-30)35-26-10-12-27(13-11-26)37(2)14-6-7-19-40/h3-5,8-13,20-23,40H,6-7,14-19H2,1-2H3,(H,33,34,35,36)/t23-/m0/s1. The summed E-state index contributed by atoms with van der Waals surface area (Å²) in [6.45, 7) is 6.43. The van der Waals surface area contributed by atoms with Crippen molar-refractivity contribution < 1.29 is 5.11 Å². The van der Waals surface area contributed by atoms with Crippen LogP contribution in [0, 0.1) is 0 Å². The molecule has 208 valence electrons. The molecule has 4 aromatic rings. The number of nitrogens with zero attached hydrogens (tertiary/aromatic N) is 8. The molecular formula is C30H37N9O. The Morgan fingerprint density at radius 1 is 0.825 bits per heavy atom. The molecule has 1 atom stereocenters. The molecule has 0 saturated carbocycles. The highest BCUT2D eigenvalue weighted by Crippen LogP contribution is 2.24. The van der Waals surface area contributed by atoms with Gasteiger partial charge in [0.05, 0.1) is 0 Å². The topological polar surface area (TPSA) is 106 Å². The molecule has 2 aromatic heterocycles. The summed E-state index contributed by atoms with van der Waals surface area (Å²) in [5.41, 5.74) is 4.41. The number of aromatic nitrogens is 5. The van der Waals surface area contributed by atoms with E-state index >= 15 is 0 Å². The molecular weight excluding hydrogens is 502 g/mol. The number of aliphatic hydroxyl groups excluding tert-OH is 1. The van der Waals surface area contributed by atoms with Crippen LogP contribution in [0.25, 0.3) is 0 Å². The normalized spacial score (nSPS) is 14.2. The van der Waals surface area contributed by atoms with E-state index in [-0.39, 0.29) is 12.5 Å². The molecule has 2 aromatic carbocycles. The number of anilines is 5. The molecule has 10 nitrogen and oxygen atoms in total. The van der Waals surface area contributed by atoms with Crippen LogP contribution in [0.3, 0.4) is 0 Å². The summed E-state index contributed by atoms with van der Waals surface area (Å²) in [5, 5.41) is 12.3. The third-order valence-electron chi connectivity index (χ3n) is 7.33. The van der Waals surface area contributed by atoms with Crippen molar-refractivity contribution in [3.63, 3.8) is 0 Å². The van der Waals surface area contributed by atoms with Gasteiger partial charge in [-0.2, -0.15) is 4.98 Å². The van der Waals surface area contributed by atoms with Crippen LogP contribution < -0.4 is 20.0 Å². The van der Waals surface area contributed by atoms with Crippen molar-refractivity contribution in [2.45, 2.75) is 25.7 Å². The molecule has 1 aliphatic heterocycles. The molecule has 40 heavy (non-hydrogen) atoms. The minimum Gasteiger partial charge on any atom is -0.396 e. The number of rotatable bonds is 11. The number of hydrogen-bond acceptors (Lipinski definition) is 10. The van der Waals surface area contributed by atoms with Crippen molar-refractivity contribution in [2.24, 2.45) is 0 Å². The predicted molar refractivity (Wildman–Crippen MR) is 160 cm³/mol. The van der Waals surface area contributed by atoms with Gasteiger partial charge in [0.1, 0.15) is 6.33 Å². The highest BCUT2D eigenvalue weighted by molar-refractivity contribution is 5.59. The fourth-order valence-corrected chi connectivity index (χ4v) is 4.78. The van der Waals surface area contributed by atoms with E-state index in [4.69, 9.17) is 5.11 Å². The molecule has 0 amide bonds. The maximum atomic E-state index is 8.99. The van der Waals surface area contributed by atoms with Gasteiger partial charge < -0.3 is 25.1 Å². The van der Waals surface area contributed by atoms with E-state index in [1.807, 2.05) is 30.6 Å². The van der Waals surface area contributed by atoms with Crippen molar-refractivity contribution >= 4 is 29.2 Å². The first-order valence-corrected chi connectivity index (χ1v) is 13.9. The fraction of sp³-hybridized carbons (Fsp3) is 0.367. The van der Waals surface area contributed by atoms with Crippen LogP contribution >= 0.6 is 0 Å². The molecule has 0 radical (unpaired) electrons. The maximum absolute atomic E-state index is 8.99. The average Bonchev–Trinajstić information content (AvgIpc) is 3.02. The lowest BCUT2D eigenvalue weighted by Crippen LogP contribution is -2.47. The quantitative estimate of drug-likeness (QED) is 0.271. The summed E-state index contributed by atoms with van der Waals surface area (Å²) in [7, 11) is 2.06. The lowest BCUT2D eigenvalue weighted by molar-refractivity contribution is 0.285. The van der Waals surface area contributed by atoms with Gasteiger partial charge in [0.25, 0.3) is 0 Å². The summed E-state index contributed by atoms with van der Waals surface area (Å²) in [6, 6.07) is 18.6. The second-order valence-electron chi connectivity index (χ2n) is 10.1. The van der Waals surface area contributed by atoms with E-state index in [1.54, 1.807) is 6.33 Å². The molecule has 0 bridgehead atoms. The van der Waals surface area contributed by atoms with Gasteiger partial charge in [-0.25, -0.2) is 19.9 Å². The van der Waals surface area contributed by atoms with Crippen molar-refractivity contribution in [3.05, 3.63) is 84.4 Å². The van der Waals surface area contributed by atoms with E-state index in [0.717, 1.165) is 68.5 Å². The van der Waals surface area contributed by atoms with E-state index in [0.29, 0.717) is 11.9 Å². The van der Waals surface area contributed by atoms with Crippen LogP contribution in [0.2, 0.25) is 0 Å². The van der Waals surface area contributed by atoms with E-state index < -0.39 is 0 Å². The first-order chi connectivity index (χ1) is 19.6. The van der Waals surface area contributed by atoms with Crippen molar-refractivity contribution in [1.82, 2.24) is 24.9 Å². The van der Waals surface area contributed by atoms with Crippen LogP contribution in [0.5, 0.6) is 0 Å². The maximum Gasteiger partial charge on any atom is 0.231 e. The Bertz CT molecular complexity index is 1330. The lowest BCUT2D eigenvalue weighted by Gasteiger charge is -2.34. The minimum absolute atomic E-state index is 0.234. The zero-order chi connectivity index (χ0) is 27.7. The van der Waals surface area contributed by atoms with Crippen LogP contribution in [0.1, 0.15) is 36.8 Å². The average molecular weight is 540 g/mol. The molecule has 0 unspecified atom stereocenters. The highest BCUT2D eigenvalue weighted by Gasteiger charge is 2.21. The molecule has 10 heteroatoms. The molecule has 0 spiro atoms. The van der Waals surface area contributed by atoms with Crippen molar-refractivity contribution in [3.8, 4) is 0 Å². The molecule has 2 N–H and O–H groups in total. The Morgan fingerprint density at radius 3 is 2.17 bits per heavy atom. The van der Waals surface area contributed by atoms with Gasteiger partial charge in [-0.15, -0.1) is 0 Å². The summed E-state index contributed by atoms with van der Waals surface area (Å²) in [4.78, 5) is 29.3. The molecule has 3 heterocycles. The lowest BCUT2D eigenvalue weighted by atomic mass is 9.96. The van der Waals surface area contributed by atoms with Gasteiger partial charge in [0.15, 0.2) is 0 Å². The Labute approximate surface area is 235 Å². The Balaban J connectivity index is 1.14. The Hall–Kier alpha value is -4.31. The first-order valence-electron chi connectivity index (χ1n) is 13.9. The number of piperazine rings is 1. The predicted octanol–water partition coefficient (Wildman–Crippen LogP) is 4.09. The van der Waals surface area contributed by atoms with Gasteiger partial charge in [0.2, 0.25) is 17.8 Å². The van der Waals surface area contributed by atoms with Crippen LogP contribution in [-0.2, 0) is 0 Å². The van der Waals surface area contributed by atoms with Gasteiger partial charge in [0, 0.05) is 76.1 Å². The highest BCUT2D eigenvalue weighted by atomic mass is 16.2. The molecule has 0 aliphatic carbocycles. The number of hydrogen-bond donors (Lipinski definition) is 2. The van der Waals surface area contributed by atoms with Gasteiger partial charge in [-0.1, -0.05) is 37.3 Å². The first kappa shape index (κ1) is 27.3. The summed E-state index contributed by atoms with van der Waals surface area (Å²) >= 11 is 0. The van der Waals surface area contributed by atoms with Crippen LogP contribution in [0.15, 0.2) is 73.3 Å². The largest absolute Gasteiger partial charge is 0.396 e. The number of benzene rings is 2. The zero-order valence-electron chi connectivity index (χ0n) is 23.2. The monoisotopic (exact) mass is 539 g/mol. The van der Waals surface area contributed by atoms with Crippen molar-refractivity contribution in [1.29, 1.82) is 0 Å². The van der Waals surface area contributed by atoms with Crippen molar-refractivity contribution in [2.75, 3.05) is 66.4 Å². The van der Waals surface area contributed by atoms with Crippen LogP contribution in [0.4, 0.5) is 29.2 Å². The zero-order valence-corrected chi connectivity index (χ0v) is 23.2. The molecule has 1 aliphatic rings. The van der Waals surface area contributed by atoms with Gasteiger partial charge in [-0.3, -0.25) is 0 Å². The number of nitrogens with one attached hydrogen (secondary N) is 1. The van der Waals surface area contributed by atoms with Gasteiger partial charge >= 0.3 is 0 Å². The van der Waals surface area contributed by atoms with Crippen LogP contribution in [-0.4, -0.2) is 76.4 Å². The molecule has 1 saturated heterocycles. The third-order valence-corrected chi connectivity index (χ3v) is 7.33. The summed E-state index contributed by atoms with van der Waals surface area (Å²) < 4.78 is 0. The Kier molecular flexibility index (Phi) is 8.97. The summed E-state index contributed by atoms with van der Waals surface area (Å²) in [6.07, 6.45) is 7.21. The molecule has 5 rings (SSSR count). The second kappa shape index (κ2) is 13.2. The summed E-state index contributed by atoms with van der Waals surface area (Å²) in [5.74, 6) is 2.18. The van der Waals surface area contributed by atoms with E-state index in [1.165, 1.54) is 5.56 Å². The third kappa shape index (κ3) is 6.81. The fourth-order valence-electron chi connectivity index (χ4n) is 4.78. The second-order valence-corrected chi connectivity index (χ2v) is 10.1. The van der Waals surface area contributed by atoms with E-state index in [9.17, 15) is 0 Å². The number of aliphatic hydroxyl groups is 1.